The number of rotatable bonds is 1. The standard InChI is InChI=1S/C10H7BrN6/c11-6-3-1-2-5-7(6)15-10(12)16-8(5)9-13-4-14-17-9/h1-4H,(H2,12,15,16)(H,13,14,17). The molecular weight excluding hydrogens is 284 g/mol. The van der Waals surface area contributed by atoms with Crippen LogP contribution < -0.4 is 5.73 Å². The number of nitrogens with two attached hydrogens (primary N) is 1. The van der Waals surface area contributed by atoms with Crippen LogP contribution in [0.1, 0.15) is 0 Å². The number of hydrogen-bond donors (Lipinski definition) is 2. The lowest BCUT2D eigenvalue weighted by molar-refractivity contribution is 1.09. The number of benzene rings is 1. The van der Waals surface area contributed by atoms with Gasteiger partial charge >= 0.3 is 0 Å². The predicted molar refractivity (Wildman–Crippen MR) is 67.0 cm³/mol. The van der Waals surface area contributed by atoms with Crippen molar-refractivity contribution < 1.29 is 0 Å². The summed E-state index contributed by atoms with van der Waals surface area (Å²) in [5, 5.41) is 7.52. The minimum Gasteiger partial charge on any atom is -0.368 e. The van der Waals surface area contributed by atoms with Crippen LogP contribution in [0.2, 0.25) is 0 Å². The number of fused-ring (bicyclic) bond motifs is 1. The zero-order valence-corrected chi connectivity index (χ0v) is 10.1. The van der Waals surface area contributed by atoms with Crippen molar-refractivity contribution in [1.82, 2.24) is 25.1 Å². The van der Waals surface area contributed by atoms with Crippen LogP contribution in [-0.2, 0) is 0 Å². The minimum atomic E-state index is 0.198. The summed E-state index contributed by atoms with van der Waals surface area (Å²) in [6.07, 6.45) is 1.50. The molecule has 0 radical (unpaired) electrons. The highest BCUT2D eigenvalue weighted by Crippen LogP contribution is 2.28. The number of H-pyrrole nitrogens is 1. The second kappa shape index (κ2) is 3.77. The van der Waals surface area contributed by atoms with Gasteiger partial charge in [0.1, 0.15) is 12.0 Å². The molecule has 2 aromatic heterocycles. The van der Waals surface area contributed by atoms with E-state index in [4.69, 9.17) is 5.73 Å². The highest BCUT2D eigenvalue weighted by atomic mass is 79.9. The molecular formula is C10H7BrN6. The lowest BCUT2D eigenvalue weighted by Gasteiger charge is -2.04. The molecule has 0 aliphatic heterocycles. The summed E-state index contributed by atoms with van der Waals surface area (Å²) >= 11 is 3.43. The van der Waals surface area contributed by atoms with Gasteiger partial charge in [0.25, 0.3) is 0 Å². The summed E-state index contributed by atoms with van der Waals surface area (Å²) in [5.74, 6) is 0.700. The molecule has 0 bridgehead atoms. The number of anilines is 1. The lowest BCUT2D eigenvalue weighted by Crippen LogP contribution is -1.99. The van der Waals surface area contributed by atoms with Crippen LogP contribution in [0.5, 0.6) is 0 Å². The van der Waals surface area contributed by atoms with Gasteiger partial charge in [-0.3, -0.25) is 5.10 Å². The Balaban J connectivity index is 2.42. The number of aromatic amines is 1. The number of nitrogens with one attached hydrogen (secondary N) is 1. The first-order valence-electron chi connectivity index (χ1n) is 4.83. The van der Waals surface area contributed by atoms with E-state index in [1.807, 2.05) is 18.2 Å². The van der Waals surface area contributed by atoms with Crippen molar-refractivity contribution in [2.45, 2.75) is 0 Å². The summed E-state index contributed by atoms with van der Waals surface area (Å²) in [5.41, 5.74) is 7.06. The van der Waals surface area contributed by atoms with E-state index in [1.54, 1.807) is 0 Å². The Labute approximate surface area is 104 Å². The van der Waals surface area contributed by atoms with Gasteiger partial charge in [-0.1, -0.05) is 12.1 Å². The largest absolute Gasteiger partial charge is 0.368 e. The van der Waals surface area contributed by atoms with Gasteiger partial charge in [0.2, 0.25) is 5.95 Å². The monoisotopic (exact) mass is 290 g/mol. The number of nitrogens with zero attached hydrogens (tertiary/aromatic N) is 4. The van der Waals surface area contributed by atoms with E-state index in [0.717, 1.165) is 15.4 Å². The molecule has 3 aromatic rings. The number of nitrogen functional groups attached to an aromatic ring is 1. The Hall–Kier alpha value is -2.02. The van der Waals surface area contributed by atoms with Crippen molar-refractivity contribution in [1.29, 1.82) is 0 Å². The molecule has 0 amide bonds. The molecule has 0 saturated carbocycles. The molecule has 0 saturated heterocycles. The quantitative estimate of drug-likeness (QED) is 0.712. The van der Waals surface area contributed by atoms with Gasteiger partial charge in [-0.15, -0.1) is 0 Å². The van der Waals surface area contributed by atoms with E-state index in [2.05, 4.69) is 41.1 Å². The van der Waals surface area contributed by atoms with Gasteiger partial charge in [-0.2, -0.15) is 5.10 Å². The third-order valence-electron chi connectivity index (χ3n) is 2.32. The smallest absolute Gasteiger partial charge is 0.221 e. The lowest BCUT2D eigenvalue weighted by atomic mass is 10.2. The van der Waals surface area contributed by atoms with Crippen molar-refractivity contribution in [3.05, 3.63) is 29.0 Å². The van der Waals surface area contributed by atoms with Crippen LogP contribution in [0.25, 0.3) is 22.4 Å². The number of hydrogen-bond acceptors (Lipinski definition) is 5. The van der Waals surface area contributed by atoms with Crippen molar-refractivity contribution in [3.8, 4) is 11.5 Å². The van der Waals surface area contributed by atoms with E-state index < -0.39 is 0 Å². The second-order valence-electron chi connectivity index (χ2n) is 3.39. The third-order valence-corrected chi connectivity index (χ3v) is 2.96. The molecule has 3 N–H and O–H groups in total. The molecule has 17 heavy (non-hydrogen) atoms. The molecule has 6 nitrogen and oxygen atoms in total. The third kappa shape index (κ3) is 1.64. The second-order valence-corrected chi connectivity index (χ2v) is 4.24. The first-order valence-corrected chi connectivity index (χ1v) is 5.63. The zero-order valence-electron chi connectivity index (χ0n) is 8.55. The van der Waals surface area contributed by atoms with Crippen LogP contribution in [-0.4, -0.2) is 25.1 Å². The highest BCUT2D eigenvalue weighted by Gasteiger charge is 2.12. The van der Waals surface area contributed by atoms with Crippen molar-refractivity contribution >= 4 is 32.8 Å². The van der Waals surface area contributed by atoms with Crippen LogP contribution in [0.15, 0.2) is 29.0 Å². The highest BCUT2D eigenvalue weighted by molar-refractivity contribution is 9.10. The molecule has 84 valence electrons. The fraction of sp³-hybridized carbons (Fsp3) is 0. The van der Waals surface area contributed by atoms with Crippen molar-refractivity contribution in [2.24, 2.45) is 0 Å². The summed E-state index contributed by atoms with van der Waals surface area (Å²) < 4.78 is 0.862. The Morgan fingerprint density at radius 3 is 2.88 bits per heavy atom. The Morgan fingerprint density at radius 2 is 2.12 bits per heavy atom. The summed E-state index contributed by atoms with van der Waals surface area (Å²) in [4.78, 5) is 12.5. The Kier molecular flexibility index (Phi) is 2.25. The van der Waals surface area contributed by atoms with Gasteiger partial charge in [0, 0.05) is 9.86 Å². The van der Waals surface area contributed by atoms with Gasteiger partial charge in [0.05, 0.1) is 5.52 Å². The normalized spacial score (nSPS) is 10.9. The molecule has 0 aliphatic carbocycles. The fourth-order valence-electron chi connectivity index (χ4n) is 1.63. The maximum absolute atomic E-state index is 5.69. The average Bonchev–Trinajstić information content (AvgIpc) is 2.83. The van der Waals surface area contributed by atoms with Crippen LogP contribution in [0, 0.1) is 0 Å². The molecule has 0 fully saturated rings. The summed E-state index contributed by atoms with van der Waals surface area (Å²) in [6, 6.07) is 5.71. The van der Waals surface area contributed by atoms with Gasteiger partial charge < -0.3 is 5.73 Å². The van der Waals surface area contributed by atoms with Crippen molar-refractivity contribution in [3.63, 3.8) is 0 Å². The van der Waals surface area contributed by atoms with E-state index >= 15 is 0 Å². The van der Waals surface area contributed by atoms with Gasteiger partial charge in [-0.25, -0.2) is 15.0 Å². The first-order chi connectivity index (χ1) is 8.25. The summed E-state index contributed by atoms with van der Waals surface area (Å²) in [6.45, 7) is 0. The molecule has 3 rings (SSSR count). The van der Waals surface area contributed by atoms with E-state index in [-0.39, 0.29) is 5.95 Å². The van der Waals surface area contributed by atoms with Crippen molar-refractivity contribution in [2.75, 3.05) is 5.73 Å². The molecule has 7 heteroatoms. The minimum absolute atomic E-state index is 0.198. The topological polar surface area (TPSA) is 93.4 Å². The Morgan fingerprint density at radius 1 is 1.24 bits per heavy atom. The SMILES string of the molecule is Nc1nc(-c2nc[nH]n2)c2cccc(Br)c2n1. The van der Waals surface area contributed by atoms with Crippen LogP contribution in [0.3, 0.4) is 0 Å². The average molecular weight is 291 g/mol. The number of para-hydroxylation sites is 1. The first kappa shape index (κ1) is 10.2. The number of aromatic nitrogens is 5. The van der Waals surface area contributed by atoms with Crippen LogP contribution in [0.4, 0.5) is 5.95 Å². The Bertz CT molecular complexity index is 679. The van der Waals surface area contributed by atoms with E-state index in [1.165, 1.54) is 6.33 Å². The van der Waals surface area contributed by atoms with Gasteiger partial charge in [-0.05, 0) is 22.0 Å². The van der Waals surface area contributed by atoms with Gasteiger partial charge in [0.15, 0.2) is 5.82 Å². The van der Waals surface area contributed by atoms with E-state index in [9.17, 15) is 0 Å². The predicted octanol–water partition coefficient (Wildman–Crippen LogP) is 1.76. The molecule has 1 aromatic carbocycles. The summed E-state index contributed by atoms with van der Waals surface area (Å²) in [7, 11) is 0. The fourth-order valence-corrected chi connectivity index (χ4v) is 2.08. The molecule has 0 aliphatic rings. The molecule has 2 heterocycles. The molecule has 0 unspecified atom stereocenters. The molecule has 0 atom stereocenters. The maximum atomic E-state index is 5.69. The van der Waals surface area contributed by atoms with Crippen LogP contribution >= 0.6 is 15.9 Å². The maximum Gasteiger partial charge on any atom is 0.221 e. The zero-order chi connectivity index (χ0) is 11.8. The molecule has 0 spiro atoms. The van der Waals surface area contributed by atoms with E-state index in [0.29, 0.717) is 11.5 Å². The number of halogens is 1.